The largest absolute Gasteiger partial charge is 0.491 e. The molecule has 3 heterocycles. The number of pyridine rings is 1. The van der Waals surface area contributed by atoms with E-state index in [0.717, 1.165) is 67.8 Å². The Bertz CT molecular complexity index is 2260. The van der Waals surface area contributed by atoms with Crippen LogP contribution in [0.25, 0.3) is 34.2 Å². The molecule has 0 amide bonds. The monoisotopic (exact) mass is 1170 g/mol. The van der Waals surface area contributed by atoms with E-state index in [1.807, 2.05) is 60.9 Å². The van der Waals surface area contributed by atoms with Crippen LogP contribution in [0.4, 0.5) is 0 Å². The zero-order chi connectivity index (χ0) is 59.7. The number of para-hydroxylation sites is 4. The molecule has 0 saturated heterocycles. The summed E-state index contributed by atoms with van der Waals surface area (Å²) in [4.78, 5) is 19.0. The van der Waals surface area contributed by atoms with Crippen molar-refractivity contribution in [3.8, 4) is 45.6 Å². The summed E-state index contributed by atoms with van der Waals surface area (Å²) in [7, 11) is 0. The van der Waals surface area contributed by atoms with Gasteiger partial charge in [-0.25, -0.2) is 19.1 Å². The highest BCUT2D eigenvalue weighted by atomic mass is 16.5. The summed E-state index contributed by atoms with van der Waals surface area (Å²) in [5, 5.41) is 18.3. The van der Waals surface area contributed by atoms with Crippen molar-refractivity contribution in [3.63, 3.8) is 0 Å². The van der Waals surface area contributed by atoms with E-state index in [1.165, 1.54) is 250 Å². The van der Waals surface area contributed by atoms with Gasteiger partial charge < -0.3 is 14.2 Å². The van der Waals surface area contributed by atoms with Crippen LogP contribution in [0.15, 0.2) is 73.1 Å². The summed E-state index contributed by atoms with van der Waals surface area (Å²) in [6, 6.07) is 19.4. The minimum atomic E-state index is -0.403. The van der Waals surface area contributed by atoms with Gasteiger partial charge in [-0.1, -0.05) is 332 Å². The third-order valence-electron chi connectivity index (χ3n) is 17.0. The van der Waals surface area contributed by atoms with Gasteiger partial charge in [-0.3, -0.25) is 0 Å². The molecular formula is C74H119N7O4. The molecule has 0 aliphatic carbocycles. The molecule has 0 radical (unpaired) electrons. The lowest BCUT2D eigenvalue weighted by molar-refractivity contribution is 0.0497. The zero-order valence-corrected chi connectivity index (χ0v) is 54.3. The molecule has 85 heavy (non-hydrogen) atoms. The van der Waals surface area contributed by atoms with E-state index in [9.17, 15) is 4.79 Å². The zero-order valence-electron chi connectivity index (χ0n) is 54.3. The standard InChI is InChI=1S/C74H119N7O4/c1-4-7-10-13-16-19-22-25-28-30-33-35-38-41-44-51-58-83-72-56-49-47-54-70(72)80-63-68(76-78-80)66-61-65(74(82)85-60-53-46-43-40-37-32-27-24-21-18-15-12-9-6-3)62-67(75-66)69-64-81(79-77-69)71-55-48-50-57-73(71)84-59-52-45-42-39-36-34-31-29-26-23-20-17-14-11-8-5-2/h47-50,54-57,61-64H,4-46,51-53,58-60H2,1-3H3. The predicted octanol–water partition coefficient (Wildman–Crippen LogP) is 22.5. The fourth-order valence-corrected chi connectivity index (χ4v) is 11.7. The Morgan fingerprint density at radius 1 is 0.341 bits per heavy atom. The Morgan fingerprint density at radius 3 is 0.918 bits per heavy atom. The van der Waals surface area contributed by atoms with Crippen molar-refractivity contribution >= 4 is 5.97 Å². The van der Waals surface area contributed by atoms with Gasteiger partial charge in [0.2, 0.25) is 0 Å². The third kappa shape index (κ3) is 31.4. The molecular weight excluding hydrogens is 1050 g/mol. The SMILES string of the molecule is CCCCCCCCCCCCCCCCCCOc1ccccc1-n1cc(-c2cc(C(=O)OCCCCCCCCCCCCCCCC)cc(-c3cn(-c4ccccc4OCCCCCCCCCCCCCCCCCC)nn3)n2)nn1. The van der Waals surface area contributed by atoms with E-state index in [2.05, 4.69) is 41.4 Å². The third-order valence-corrected chi connectivity index (χ3v) is 17.0. The molecule has 0 aliphatic rings. The summed E-state index contributed by atoms with van der Waals surface area (Å²) in [6.07, 6.45) is 64.3. The number of esters is 1. The van der Waals surface area contributed by atoms with Crippen molar-refractivity contribution in [3.05, 3.63) is 78.6 Å². The van der Waals surface area contributed by atoms with Crippen LogP contribution in [0.2, 0.25) is 0 Å². The Hall–Kier alpha value is -5.06. The average Bonchev–Trinajstić information content (AvgIpc) is 4.29. The first-order valence-corrected chi connectivity index (χ1v) is 35.6. The molecule has 11 nitrogen and oxygen atoms in total. The molecule has 0 fully saturated rings. The molecule has 0 spiro atoms. The van der Waals surface area contributed by atoms with Gasteiger partial charge in [0.25, 0.3) is 0 Å². The molecule has 11 heteroatoms. The molecule has 5 aromatic rings. The number of benzene rings is 2. The molecule has 0 bridgehead atoms. The van der Waals surface area contributed by atoms with Crippen LogP contribution in [0.5, 0.6) is 11.5 Å². The average molecular weight is 1170 g/mol. The Kier molecular flexibility index (Phi) is 39.9. The van der Waals surface area contributed by atoms with E-state index >= 15 is 0 Å². The molecule has 3 aromatic heterocycles. The maximum Gasteiger partial charge on any atom is 0.338 e. The predicted molar refractivity (Wildman–Crippen MR) is 356 cm³/mol. The summed E-state index contributed by atoms with van der Waals surface area (Å²) < 4.78 is 22.2. The topological polar surface area (TPSA) is 119 Å². The van der Waals surface area contributed by atoms with E-state index in [0.29, 0.717) is 48.2 Å². The quantitative estimate of drug-likeness (QED) is 0.0277. The Morgan fingerprint density at radius 2 is 0.612 bits per heavy atom. The minimum Gasteiger partial charge on any atom is -0.491 e. The van der Waals surface area contributed by atoms with Crippen LogP contribution in [0.1, 0.15) is 326 Å². The number of carbonyl (C=O) groups excluding carboxylic acids is 1. The van der Waals surface area contributed by atoms with Crippen molar-refractivity contribution < 1.29 is 19.0 Å². The molecule has 2 aromatic carbocycles. The minimum absolute atomic E-state index is 0.364. The van der Waals surface area contributed by atoms with Gasteiger partial charge in [0.15, 0.2) is 0 Å². The number of ether oxygens (including phenoxy) is 3. The van der Waals surface area contributed by atoms with Gasteiger partial charge >= 0.3 is 5.97 Å². The molecule has 0 unspecified atom stereocenters. The normalized spacial score (nSPS) is 11.5. The van der Waals surface area contributed by atoms with E-state index in [4.69, 9.17) is 19.2 Å². The summed E-state index contributed by atoms with van der Waals surface area (Å²) in [6.45, 7) is 8.51. The summed E-state index contributed by atoms with van der Waals surface area (Å²) >= 11 is 0. The van der Waals surface area contributed by atoms with Gasteiger partial charge in [-0.15, -0.1) is 10.2 Å². The van der Waals surface area contributed by atoms with Crippen LogP contribution in [0, 0.1) is 0 Å². The summed E-state index contributed by atoms with van der Waals surface area (Å²) in [5.41, 5.74) is 3.94. The lowest BCUT2D eigenvalue weighted by Crippen LogP contribution is -2.08. The number of nitrogens with zero attached hydrogens (tertiary/aromatic N) is 7. The molecule has 0 aliphatic heterocycles. The van der Waals surface area contributed by atoms with Crippen LogP contribution in [-0.4, -0.2) is 60.8 Å². The van der Waals surface area contributed by atoms with Gasteiger partial charge in [-0.05, 0) is 55.7 Å². The van der Waals surface area contributed by atoms with Gasteiger partial charge in [0, 0.05) is 0 Å². The van der Waals surface area contributed by atoms with Crippen LogP contribution in [0.3, 0.4) is 0 Å². The fourth-order valence-electron chi connectivity index (χ4n) is 11.7. The lowest BCUT2D eigenvalue weighted by atomic mass is 10.0. The smallest absolute Gasteiger partial charge is 0.338 e. The van der Waals surface area contributed by atoms with Crippen molar-refractivity contribution in [1.82, 2.24) is 35.0 Å². The van der Waals surface area contributed by atoms with Crippen LogP contribution < -0.4 is 9.47 Å². The Balaban J connectivity index is 1.12. The number of hydrogen-bond donors (Lipinski definition) is 0. The van der Waals surface area contributed by atoms with Crippen LogP contribution >= 0.6 is 0 Å². The first kappa shape index (κ1) is 70.7. The fraction of sp³-hybridized carbons (Fsp3) is 0.703. The van der Waals surface area contributed by atoms with Crippen molar-refractivity contribution in [1.29, 1.82) is 0 Å². The molecule has 0 N–H and O–H groups in total. The molecule has 0 atom stereocenters. The number of carbonyl (C=O) groups is 1. The molecule has 474 valence electrons. The number of hydrogen-bond acceptors (Lipinski definition) is 9. The molecule has 5 rings (SSSR count). The highest BCUT2D eigenvalue weighted by Crippen LogP contribution is 2.29. The van der Waals surface area contributed by atoms with Crippen LogP contribution in [-0.2, 0) is 4.74 Å². The Labute approximate surface area is 517 Å². The first-order chi connectivity index (χ1) is 42.1. The first-order valence-electron chi connectivity index (χ1n) is 35.6. The van der Waals surface area contributed by atoms with Crippen molar-refractivity contribution in [2.45, 2.75) is 316 Å². The molecule has 0 saturated carbocycles. The summed E-state index contributed by atoms with van der Waals surface area (Å²) in [5.74, 6) is 1.10. The highest BCUT2D eigenvalue weighted by molar-refractivity contribution is 5.92. The second-order valence-electron chi connectivity index (χ2n) is 24.7. The highest BCUT2D eigenvalue weighted by Gasteiger charge is 2.19. The van der Waals surface area contributed by atoms with Crippen molar-refractivity contribution in [2.24, 2.45) is 0 Å². The van der Waals surface area contributed by atoms with Gasteiger partial charge in [-0.2, -0.15) is 0 Å². The van der Waals surface area contributed by atoms with Gasteiger partial charge in [0.1, 0.15) is 34.3 Å². The van der Waals surface area contributed by atoms with E-state index in [-0.39, 0.29) is 0 Å². The maximum absolute atomic E-state index is 13.9. The van der Waals surface area contributed by atoms with Gasteiger partial charge in [0.05, 0.1) is 49.2 Å². The second-order valence-corrected chi connectivity index (χ2v) is 24.7. The van der Waals surface area contributed by atoms with Crippen molar-refractivity contribution in [2.75, 3.05) is 19.8 Å². The number of rotatable bonds is 56. The number of unbranched alkanes of at least 4 members (excludes halogenated alkanes) is 43. The maximum atomic E-state index is 13.9. The lowest BCUT2D eigenvalue weighted by Gasteiger charge is -2.11. The van der Waals surface area contributed by atoms with E-state index < -0.39 is 5.97 Å². The second kappa shape index (κ2) is 48.0. The van der Waals surface area contributed by atoms with E-state index in [1.54, 1.807) is 21.5 Å². The number of aromatic nitrogens is 7.